The van der Waals surface area contributed by atoms with E-state index in [1.54, 1.807) is 6.92 Å². The third-order valence-corrected chi connectivity index (χ3v) is 2.26. The van der Waals surface area contributed by atoms with Gasteiger partial charge in [-0.25, -0.2) is 4.98 Å². The molecular formula is C12H10F3N3O2. The normalized spacial score (nSPS) is 11.2. The van der Waals surface area contributed by atoms with E-state index in [-0.39, 0.29) is 11.6 Å². The Morgan fingerprint density at radius 3 is 2.45 bits per heavy atom. The maximum absolute atomic E-state index is 12.0. The number of nitrogens with one attached hydrogen (secondary N) is 2. The van der Waals surface area contributed by atoms with Gasteiger partial charge in [0, 0.05) is 17.6 Å². The van der Waals surface area contributed by atoms with E-state index in [1.807, 2.05) is 0 Å². The summed E-state index contributed by atoms with van der Waals surface area (Å²) in [5.41, 5.74) is 0.608. The largest absolute Gasteiger partial charge is 0.573 e. The van der Waals surface area contributed by atoms with E-state index in [0.29, 0.717) is 11.4 Å². The minimum absolute atomic E-state index is 0.0556. The first kappa shape index (κ1) is 13.9. The summed E-state index contributed by atoms with van der Waals surface area (Å²) in [4.78, 5) is 18.0. The minimum atomic E-state index is -4.73. The van der Waals surface area contributed by atoms with E-state index >= 15 is 0 Å². The van der Waals surface area contributed by atoms with Crippen molar-refractivity contribution in [1.29, 1.82) is 0 Å². The summed E-state index contributed by atoms with van der Waals surface area (Å²) in [6, 6.07) is 4.97. The molecule has 2 rings (SSSR count). The van der Waals surface area contributed by atoms with Crippen molar-refractivity contribution in [2.45, 2.75) is 13.3 Å². The second-order valence-corrected chi connectivity index (χ2v) is 3.94. The van der Waals surface area contributed by atoms with Crippen molar-refractivity contribution in [3.8, 4) is 5.75 Å². The van der Waals surface area contributed by atoms with Crippen molar-refractivity contribution in [3.63, 3.8) is 0 Å². The van der Waals surface area contributed by atoms with Crippen LogP contribution in [0.4, 0.5) is 24.7 Å². The van der Waals surface area contributed by atoms with E-state index in [4.69, 9.17) is 0 Å². The molecule has 2 aromatic rings. The van der Waals surface area contributed by atoms with Gasteiger partial charge in [-0.05, 0) is 31.2 Å². The maximum Gasteiger partial charge on any atom is 0.573 e. The molecule has 0 aliphatic heterocycles. The predicted molar refractivity (Wildman–Crippen MR) is 66.0 cm³/mol. The summed E-state index contributed by atoms with van der Waals surface area (Å²) in [6.07, 6.45) is -3.27. The molecule has 20 heavy (non-hydrogen) atoms. The van der Waals surface area contributed by atoms with Crippen molar-refractivity contribution >= 4 is 11.5 Å². The first-order chi connectivity index (χ1) is 9.33. The van der Waals surface area contributed by atoms with Gasteiger partial charge in [0.25, 0.3) is 5.56 Å². The van der Waals surface area contributed by atoms with Gasteiger partial charge in [0.2, 0.25) is 0 Å². The zero-order chi connectivity index (χ0) is 14.8. The molecule has 0 fully saturated rings. The zero-order valence-electron chi connectivity index (χ0n) is 10.3. The molecule has 0 saturated carbocycles. The van der Waals surface area contributed by atoms with Gasteiger partial charge in [0.05, 0.1) is 0 Å². The Balaban J connectivity index is 2.13. The van der Waals surface area contributed by atoms with Gasteiger partial charge < -0.3 is 15.0 Å². The molecule has 0 bridgehead atoms. The summed E-state index contributed by atoms with van der Waals surface area (Å²) >= 11 is 0. The lowest BCUT2D eigenvalue weighted by Crippen LogP contribution is -2.17. The second-order valence-electron chi connectivity index (χ2n) is 3.94. The molecule has 0 aliphatic rings. The highest BCUT2D eigenvalue weighted by Gasteiger charge is 2.30. The van der Waals surface area contributed by atoms with Crippen molar-refractivity contribution in [2.24, 2.45) is 0 Å². The molecule has 106 valence electrons. The number of H-pyrrole nitrogens is 1. The number of nitrogens with zero attached hydrogens (tertiary/aromatic N) is 1. The molecule has 1 aromatic heterocycles. The SMILES string of the molecule is Cc1cnc(Nc2ccc(OC(F)(F)F)cc2)c(=O)[nH]1. The van der Waals surface area contributed by atoms with Crippen LogP contribution in [0.3, 0.4) is 0 Å². The van der Waals surface area contributed by atoms with Gasteiger partial charge in [-0.2, -0.15) is 0 Å². The third-order valence-electron chi connectivity index (χ3n) is 2.26. The lowest BCUT2D eigenvalue weighted by Gasteiger charge is -2.09. The standard InChI is InChI=1S/C12H10F3N3O2/c1-7-6-16-10(11(19)17-7)18-8-2-4-9(5-3-8)20-12(13,14)15/h2-6H,1H3,(H,16,18)(H,17,19). The van der Waals surface area contributed by atoms with E-state index in [2.05, 4.69) is 20.0 Å². The maximum atomic E-state index is 12.0. The number of anilines is 2. The summed E-state index contributed by atoms with van der Waals surface area (Å²) in [6.45, 7) is 1.68. The summed E-state index contributed by atoms with van der Waals surface area (Å²) < 4.78 is 39.7. The lowest BCUT2D eigenvalue weighted by molar-refractivity contribution is -0.274. The number of hydrogen-bond donors (Lipinski definition) is 2. The fourth-order valence-electron chi connectivity index (χ4n) is 1.46. The van der Waals surface area contributed by atoms with Crippen LogP contribution in [-0.2, 0) is 0 Å². The van der Waals surface area contributed by atoms with Gasteiger partial charge in [0.1, 0.15) is 5.75 Å². The molecule has 0 aliphatic carbocycles. The Kier molecular flexibility index (Phi) is 3.64. The summed E-state index contributed by atoms with van der Waals surface area (Å²) in [5, 5.41) is 2.70. The Morgan fingerprint density at radius 2 is 1.90 bits per heavy atom. The van der Waals surface area contributed by atoms with E-state index in [9.17, 15) is 18.0 Å². The Labute approximate surface area is 111 Å². The highest BCUT2D eigenvalue weighted by molar-refractivity contribution is 5.56. The fraction of sp³-hybridized carbons (Fsp3) is 0.167. The number of alkyl halides is 3. The van der Waals surface area contributed by atoms with Crippen molar-refractivity contribution in [1.82, 2.24) is 9.97 Å². The van der Waals surface area contributed by atoms with Crippen molar-refractivity contribution in [3.05, 3.63) is 46.5 Å². The molecule has 0 spiro atoms. The van der Waals surface area contributed by atoms with Crippen LogP contribution >= 0.6 is 0 Å². The van der Waals surface area contributed by atoms with Gasteiger partial charge in [0.15, 0.2) is 5.82 Å². The Hall–Kier alpha value is -2.51. The fourth-order valence-corrected chi connectivity index (χ4v) is 1.46. The third kappa shape index (κ3) is 3.74. The second kappa shape index (κ2) is 5.24. The highest BCUT2D eigenvalue weighted by atomic mass is 19.4. The molecule has 0 radical (unpaired) electrons. The monoisotopic (exact) mass is 285 g/mol. The van der Waals surface area contributed by atoms with Crippen LogP contribution in [0.2, 0.25) is 0 Å². The van der Waals surface area contributed by atoms with Crippen LogP contribution in [0.25, 0.3) is 0 Å². The number of aryl methyl sites for hydroxylation is 1. The number of aromatic amines is 1. The van der Waals surface area contributed by atoms with Gasteiger partial charge in [-0.1, -0.05) is 0 Å². The predicted octanol–water partition coefficient (Wildman–Crippen LogP) is 2.72. The van der Waals surface area contributed by atoms with Gasteiger partial charge in [-0.3, -0.25) is 4.79 Å². The molecule has 0 saturated heterocycles. The minimum Gasteiger partial charge on any atom is -0.406 e. The van der Waals surface area contributed by atoms with Crippen LogP contribution in [0, 0.1) is 6.92 Å². The average Bonchev–Trinajstić information content (AvgIpc) is 2.33. The average molecular weight is 285 g/mol. The van der Waals surface area contributed by atoms with Gasteiger partial charge >= 0.3 is 6.36 Å². The summed E-state index contributed by atoms with van der Waals surface area (Å²) in [7, 11) is 0. The lowest BCUT2D eigenvalue weighted by atomic mass is 10.3. The van der Waals surface area contributed by atoms with E-state index in [0.717, 1.165) is 12.1 Å². The topological polar surface area (TPSA) is 67.0 Å². The Bertz CT molecular complexity index is 650. The first-order valence-corrected chi connectivity index (χ1v) is 5.52. The number of aromatic nitrogens is 2. The van der Waals surface area contributed by atoms with Crippen molar-refractivity contribution < 1.29 is 17.9 Å². The van der Waals surface area contributed by atoms with E-state index in [1.165, 1.54) is 18.3 Å². The smallest absolute Gasteiger partial charge is 0.406 e. The molecule has 1 heterocycles. The quantitative estimate of drug-likeness (QED) is 0.910. The number of ether oxygens (including phenoxy) is 1. The number of benzene rings is 1. The van der Waals surface area contributed by atoms with Crippen LogP contribution in [-0.4, -0.2) is 16.3 Å². The van der Waals surface area contributed by atoms with Gasteiger partial charge in [-0.15, -0.1) is 13.2 Å². The van der Waals surface area contributed by atoms with Crippen LogP contribution in [0.15, 0.2) is 35.3 Å². The van der Waals surface area contributed by atoms with Crippen LogP contribution in [0.5, 0.6) is 5.75 Å². The number of rotatable bonds is 3. The Morgan fingerprint density at radius 1 is 1.25 bits per heavy atom. The molecule has 1 aromatic carbocycles. The molecule has 0 unspecified atom stereocenters. The highest BCUT2D eigenvalue weighted by Crippen LogP contribution is 2.24. The molecule has 5 nitrogen and oxygen atoms in total. The zero-order valence-corrected chi connectivity index (χ0v) is 10.3. The molecule has 8 heteroatoms. The molecule has 0 atom stereocenters. The first-order valence-electron chi connectivity index (χ1n) is 5.52. The molecular weight excluding hydrogens is 275 g/mol. The van der Waals surface area contributed by atoms with E-state index < -0.39 is 11.9 Å². The van der Waals surface area contributed by atoms with Crippen LogP contribution in [0.1, 0.15) is 5.69 Å². The number of halogens is 3. The molecule has 2 N–H and O–H groups in total. The molecule has 0 amide bonds. The summed E-state index contributed by atoms with van der Waals surface area (Å²) in [5.74, 6) is -0.283. The van der Waals surface area contributed by atoms with Crippen molar-refractivity contribution in [2.75, 3.05) is 5.32 Å². The van der Waals surface area contributed by atoms with Crippen LogP contribution < -0.4 is 15.6 Å². The number of hydrogen-bond acceptors (Lipinski definition) is 4.